The van der Waals surface area contributed by atoms with Gasteiger partial charge in [-0.05, 0) is 31.4 Å². The van der Waals surface area contributed by atoms with Gasteiger partial charge in [0.05, 0.1) is 13.2 Å². The van der Waals surface area contributed by atoms with Crippen molar-refractivity contribution >= 4 is 11.9 Å². The third-order valence-electron chi connectivity index (χ3n) is 3.09. The smallest absolute Gasteiger partial charge is 0.320 e. The molecule has 0 aliphatic heterocycles. The molecule has 0 bridgehead atoms. The van der Waals surface area contributed by atoms with Crippen LogP contribution in [-0.4, -0.2) is 30.3 Å². The molecule has 0 aliphatic rings. The van der Waals surface area contributed by atoms with E-state index in [0.29, 0.717) is 17.7 Å². The normalized spacial score (nSPS) is 13.3. The molecule has 0 radical (unpaired) electrons. The fourth-order valence-electron chi connectivity index (χ4n) is 1.73. The first-order valence-corrected chi connectivity index (χ1v) is 6.54. The Labute approximate surface area is 118 Å². The van der Waals surface area contributed by atoms with Gasteiger partial charge in [-0.2, -0.15) is 0 Å². The second kappa shape index (κ2) is 7.53. The van der Waals surface area contributed by atoms with Crippen LogP contribution in [0, 0.1) is 5.92 Å². The van der Waals surface area contributed by atoms with E-state index in [1.54, 1.807) is 31.2 Å². The first-order chi connectivity index (χ1) is 9.49. The van der Waals surface area contributed by atoms with E-state index in [-0.39, 0.29) is 12.5 Å². The van der Waals surface area contributed by atoms with E-state index in [2.05, 4.69) is 0 Å². The number of hydrogen-bond donors (Lipinski definition) is 1. The number of aliphatic carboxylic acids is 1. The lowest BCUT2D eigenvalue weighted by Crippen LogP contribution is -2.30. The highest BCUT2D eigenvalue weighted by Gasteiger charge is 2.30. The Hall–Kier alpha value is -2.04. The number of esters is 1. The van der Waals surface area contributed by atoms with E-state index in [4.69, 9.17) is 9.47 Å². The summed E-state index contributed by atoms with van der Waals surface area (Å²) in [5.74, 6) is -2.56. The molecule has 110 valence electrons. The maximum atomic E-state index is 11.9. The van der Waals surface area contributed by atoms with Gasteiger partial charge in [-0.15, -0.1) is 0 Å². The standard InChI is InChI=1S/C15H20O5/c1-4-10(2)20-15(18)12(14(16)17)9-11-7-5-6-8-13(11)19-3/h5-8,10,12H,4,9H2,1-3H3,(H,16,17). The molecule has 5 nitrogen and oxygen atoms in total. The second-order valence-corrected chi connectivity index (χ2v) is 4.56. The molecule has 0 heterocycles. The molecule has 2 atom stereocenters. The Morgan fingerprint density at radius 1 is 1.30 bits per heavy atom. The number of hydrogen-bond acceptors (Lipinski definition) is 4. The van der Waals surface area contributed by atoms with Gasteiger partial charge in [-0.3, -0.25) is 9.59 Å². The first kappa shape index (κ1) is 16.0. The van der Waals surface area contributed by atoms with Crippen LogP contribution in [0.1, 0.15) is 25.8 Å². The molecule has 1 N–H and O–H groups in total. The minimum atomic E-state index is -1.22. The van der Waals surface area contributed by atoms with Crippen LogP contribution >= 0.6 is 0 Å². The third-order valence-corrected chi connectivity index (χ3v) is 3.09. The van der Waals surface area contributed by atoms with Gasteiger partial charge in [0.25, 0.3) is 0 Å². The van der Waals surface area contributed by atoms with E-state index >= 15 is 0 Å². The Balaban J connectivity index is 2.87. The average molecular weight is 280 g/mol. The lowest BCUT2D eigenvalue weighted by Gasteiger charge is -2.17. The van der Waals surface area contributed by atoms with Gasteiger partial charge in [0.1, 0.15) is 5.75 Å². The van der Waals surface area contributed by atoms with Gasteiger partial charge < -0.3 is 14.6 Å². The fourth-order valence-corrected chi connectivity index (χ4v) is 1.73. The number of methoxy groups -OCH3 is 1. The molecule has 5 heteroatoms. The Kier molecular flexibility index (Phi) is 6.03. The molecule has 0 aromatic heterocycles. The van der Waals surface area contributed by atoms with Crippen LogP contribution in [-0.2, 0) is 20.7 Å². The predicted octanol–water partition coefficient (Wildman–Crippen LogP) is 2.28. The van der Waals surface area contributed by atoms with E-state index in [0.717, 1.165) is 0 Å². The summed E-state index contributed by atoms with van der Waals surface area (Å²) in [6.45, 7) is 3.61. The zero-order valence-electron chi connectivity index (χ0n) is 12.0. The Morgan fingerprint density at radius 2 is 1.95 bits per heavy atom. The summed E-state index contributed by atoms with van der Waals surface area (Å²) < 4.78 is 10.3. The number of carboxylic acids is 1. The molecule has 1 aromatic rings. The SMILES string of the molecule is CCC(C)OC(=O)C(Cc1ccccc1OC)C(=O)O. The van der Waals surface area contributed by atoms with Crippen molar-refractivity contribution in [2.24, 2.45) is 5.92 Å². The summed E-state index contributed by atoms with van der Waals surface area (Å²) in [5, 5.41) is 9.21. The van der Waals surface area contributed by atoms with Crippen molar-refractivity contribution in [2.45, 2.75) is 32.8 Å². The van der Waals surface area contributed by atoms with Gasteiger partial charge in [0.15, 0.2) is 5.92 Å². The van der Waals surface area contributed by atoms with Crippen molar-refractivity contribution in [2.75, 3.05) is 7.11 Å². The van der Waals surface area contributed by atoms with Crippen LogP contribution in [0.25, 0.3) is 0 Å². The largest absolute Gasteiger partial charge is 0.496 e. The average Bonchev–Trinajstić information content (AvgIpc) is 2.44. The van der Waals surface area contributed by atoms with E-state index in [1.165, 1.54) is 7.11 Å². The molecular formula is C15H20O5. The highest BCUT2D eigenvalue weighted by Crippen LogP contribution is 2.22. The number of carboxylic acid groups (broad SMARTS) is 1. The van der Waals surface area contributed by atoms with Gasteiger partial charge in [0, 0.05) is 0 Å². The molecule has 0 spiro atoms. The summed E-state index contributed by atoms with van der Waals surface area (Å²) >= 11 is 0. The molecular weight excluding hydrogens is 260 g/mol. The molecule has 1 rings (SSSR count). The Bertz CT molecular complexity index is 469. The van der Waals surface area contributed by atoms with Gasteiger partial charge in [0.2, 0.25) is 0 Å². The lowest BCUT2D eigenvalue weighted by atomic mass is 9.98. The molecule has 0 fully saturated rings. The van der Waals surface area contributed by atoms with Crippen LogP contribution in [0.4, 0.5) is 0 Å². The minimum Gasteiger partial charge on any atom is -0.496 e. The van der Waals surface area contributed by atoms with Gasteiger partial charge in [-0.25, -0.2) is 0 Å². The van der Waals surface area contributed by atoms with Crippen molar-refractivity contribution in [3.8, 4) is 5.75 Å². The van der Waals surface area contributed by atoms with Crippen molar-refractivity contribution < 1.29 is 24.2 Å². The fraction of sp³-hybridized carbons (Fsp3) is 0.467. The van der Waals surface area contributed by atoms with Crippen molar-refractivity contribution in [1.82, 2.24) is 0 Å². The second-order valence-electron chi connectivity index (χ2n) is 4.56. The lowest BCUT2D eigenvalue weighted by molar-refractivity contribution is -0.161. The number of rotatable bonds is 7. The molecule has 0 amide bonds. The quantitative estimate of drug-likeness (QED) is 0.612. The molecule has 1 aromatic carbocycles. The van der Waals surface area contributed by atoms with Crippen LogP contribution in [0.5, 0.6) is 5.75 Å². The molecule has 0 saturated heterocycles. The molecule has 20 heavy (non-hydrogen) atoms. The highest BCUT2D eigenvalue weighted by atomic mass is 16.5. The van der Waals surface area contributed by atoms with Crippen molar-refractivity contribution in [1.29, 1.82) is 0 Å². The maximum absolute atomic E-state index is 11.9. The van der Waals surface area contributed by atoms with Crippen molar-refractivity contribution in [3.05, 3.63) is 29.8 Å². The summed E-state index contributed by atoms with van der Waals surface area (Å²) in [4.78, 5) is 23.2. The van der Waals surface area contributed by atoms with Gasteiger partial charge >= 0.3 is 11.9 Å². The number of ether oxygens (including phenoxy) is 2. The van der Waals surface area contributed by atoms with Crippen LogP contribution < -0.4 is 4.74 Å². The maximum Gasteiger partial charge on any atom is 0.320 e. The van der Waals surface area contributed by atoms with Crippen LogP contribution in [0.15, 0.2) is 24.3 Å². The number of carbonyl (C=O) groups is 2. The van der Waals surface area contributed by atoms with E-state index in [1.807, 2.05) is 6.92 Å². The summed E-state index contributed by atoms with van der Waals surface area (Å²) in [7, 11) is 1.51. The predicted molar refractivity (Wildman–Crippen MR) is 73.7 cm³/mol. The molecule has 0 saturated carbocycles. The molecule has 2 unspecified atom stereocenters. The monoisotopic (exact) mass is 280 g/mol. The van der Waals surface area contributed by atoms with Crippen LogP contribution in [0.2, 0.25) is 0 Å². The number of para-hydroxylation sites is 1. The van der Waals surface area contributed by atoms with E-state index < -0.39 is 17.9 Å². The third kappa shape index (κ3) is 4.26. The zero-order valence-corrected chi connectivity index (χ0v) is 12.0. The summed E-state index contributed by atoms with van der Waals surface area (Å²) in [6.07, 6.45) is 0.406. The van der Waals surface area contributed by atoms with Gasteiger partial charge in [-0.1, -0.05) is 25.1 Å². The van der Waals surface area contributed by atoms with Crippen LogP contribution in [0.3, 0.4) is 0 Å². The Morgan fingerprint density at radius 3 is 2.50 bits per heavy atom. The number of benzene rings is 1. The topological polar surface area (TPSA) is 72.8 Å². The first-order valence-electron chi connectivity index (χ1n) is 6.54. The van der Waals surface area contributed by atoms with E-state index in [9.17, 15) is 14.7 Å². The van der Waals surface area contributed by atoms with Crippen molar-refractivity contribution in [3.63, 3.8) is 0 Å². The molecule has 0 aliphatic carbocycles. The summed E-state index contributed by atoms with van der Waals surface area (Å²) in [6, 6.07) is 7.03. The highest BCUT2D eigenvalue weighted by molar-refractivity contribution is 5.94. The summed E-state index contributed by atoms with van der Waals surface area (Å²) in [5.41, 5.74) is 0.670. The minimum absolute atomic E-state index is 0.0502. The zero-order chi connectivity index (χ0) is 15.1. The number of carbonyl (C=O) groups excluding carboxylic acids is 1.